The van der Waals surface area contributed by atoms with Gasteiger partial charge in [0, 0.05) is 0 Å². The maximum Gasteiger partial charge on any atom is 0.485 e. The average Bonchev–Trinajstić information content (AvgIpc) is 2.30. The minimum absolute atomic E-state index is 0.192. The fraction of sp³-hybridized carbons (Fsp3) is 0.250. The lowest BCUT2D eigenvalue weighted by molar-refractivity contribution is -0.120. The molecule has 0 aliphatic carbocycles. The molecule has 0 aromatic carbocycles. The van der Waals surface area contributed by atoms with Crippen LogP contribution in [0.25, 0.3) is 0 Å². The highest BCUT2D eigenvalue weighted by Crippen LogP contribution is 1.93. The van der Waals surface area contributed by atoms with Crippen LogP contribution in [0.5, 0.6) is 0 Å². The van der Waals surface area contributed by atoms with Crippen molar-refractivity contribution < 1.29 is 13.4 Å². The van der Waals surface area contributed by atoms with Gasteiger partial charge in [0.25, 0.3) is 5.91 Å². The summed E-state index contributed by atoms with van der Waals surface area (Å²) in [6.45, 7) is 0. The highest BCUT2D eigenvalue weighted by Gasteiger charge is 2.29. The van der Waals surface area contributed by atoms with E-state index in [0.717, 1.165) is 0 Å². The number of amides is 3. The Hall–Kier alpha value is -1.26. The summed E-state index contributed by atoms with van der Waals surface area (Å²) in [5.74, 6) is -0.551. The van der Waals surface area contributed by atoms with Crippen molar-refractivity contribution in [1.82, 2.24) is 10.6 Å². The van der Waals surface area contributed by atoms with Gasteiger partial charge in [-0.3, -0.25) is 10.1 Å². The van der Waals surface area contributed by atoms with Gasteiger partial charge in [0.15, 0.2) is 0 Å². The highest BCUT2D eigenvalue weighted by atomic mass is 27.1. The Kier molecular flexibility index (Phi) is 2.52. The Bertz CT molecular complexity index is 253. The van der Waals surface area contributed by atoms with E-state index in [4.69, 9.17) is 5.73 Å². The summed E-state index contributed by atoms with van der Waals surface area (Å²) >= 11 is 1.87. The van der Waals surface area contributed by atoms with E-state index in [9.17, 15) is 9.59 Å². The molecule has 2 radical (unpaired) electrons. The van der Waals surface area contributed by atoms with Crippen LogP contribution >= 0.6 is 0 Å². The molecule has 8 heteroatoms. The fourth-order valence-corrected chi connectivity index (χ4v) is 0.715. The second-order valence-corrected chi connectivity index (χ2v) is 2.19. The number of carbonyl (C=O) groups excluding carboxylic acids is 2. The summed E-state index contributed by atoms with van der Waals surface area (Å²) < 4.78 is 4.41. The van der Waals surface area contributed by atoms with E-state index in [2.05, 4.69) is 14.1 Å². The lowest BCUT2D eigenvalue weighted by Crippen LogP contribution is -2.30. The Balaban J connectivity index is 2.65. The van der Waals surface area contributed by atoms with Crippen LogP contribution < -0.4 is 16.4 Å². The first-order valence-corrected chi connectivity index (χ1v) is 3.42. The molecule has 1 fully saturated rings. The first-order valence-electron chi connectivity index (χ1n) is 2.95. The molecule has 1 rings (SSSR count). The van der Waals surface area contributed by atoms with Crippen molar-refractivity contribution in [3.05, 3.63) is 0 Å². The molecule has 0 spiro atoms. The number of hydrogen-bond donors (Lipinski definition) is 3. The van der Waals surface area contributed by atoms with Crippen LogP contribution in [0.4, 0.5) is 4.79 Å². The van der Waals surface area contributed by atoms with Gasteiger partial charge >= 0.3 is 22.7 Å². The number of amidine groups is 1. The molecule has 62 valence electrons. The standard InChI is InChI=1S/C4H6N4O3.Al/c5-3(10)6-1-2(9)8-4(11)7-1;/h1H,(H3,5,6,10)(H2,7,8,9,11);/q;+1/p-1. The smallest absolute Gasteiger partial charge is 0.485 e. The molecule has 1 heterocycles. The largest absolute Gasteiger partial charge is 0.628 e. The van der Waals surface area contributed by atoms with E-state index in [1.807, 2.05) is 21.9 Å². The lowest BCUT2D eigenvalue weighted by Gasteiger charge is -2.03. The first-order chi connectivity index (χ1) is 5.63. The quantitative estimate of drug-likeness (QED) is 0.182. The van der Waals surface area contributed by atoms with Crippen LogP contribution in [0.15, 0.2) is 4.99 Å². The second-order valence-electron chi connectivity index (χ2n) is 1.95. The van der Waals surface area contributed by atoms with Crippen LogP contribution in [-0.2, 0) is 8.58 Å². The van der Waals surface area contributed by atoms with Crippen LogP contribution in [0.2, 0.25) is 0 Å². The number of aliphatic imine (C=N–C) groups is 1. The number of rotatable bonds is 1. The summed E-state index contributed by atoms with van der Waals surface area (Å²) in [5, 5.41) is 4.19. The zero-order valence-corrected chi connectivity index (χ0v) is 7.06. The lowest BCUT2D eigenvalue weighted by atomic mass is 10.5. The Labute approximate surface area is 76.1 Å². The van der Waals surface area contributed by atoms with Crippen molar-refractivity contribution in [2.24, 2.45) is 10.7 Å². The molecule has 0 saturated carbocycles. The number of carbonyl (C=O) groups is 2. The maximum absolute atomic E-state index is 10.8. The molecule has 0 bridgehead atoms. The molecule has 7 nitrogen and oxygen atoms in total. The highest BCUT2D eigenvalue weighted by molar-refractivity contribution is 6.07. The van der Waals surface area contributed by atoms with Gasteiger partial charge in [-0.05, 0) is 0 Å². The topological polar surface area (TPSA) is 106 Å². The fourth-order valence-electron chi connectivity index (χ4n) is 0.655. The zero-order valence-electron chi connectivity index (χ0n) is 5.90. The third-order valence-electron chi connectivity index (χ3n) is 1.13. The van der Waals surface area contributed by atoms with Gasteiger partial charge in [-0.2, -0.15) is 0 Å². The number of imide groups is 1. The number of nitrogens with zero attached hydrogens (tertiary/aromatic N) is 1. The monoisotopic (exact) mass is 184 g/mol. The van der Waals surface area contributed by atoms with Crippen LogP contribution in [0.1, 0.15) is 0 Å². The van der Waals surface area contributed by atoms with Crippen LogP contribution in [0, 0.1) is 0 Å². The summed E-state index contributed by atoms with van der Waals surface area (Å²) in [5.41, 5.74) is 5.14. The third-order valence-corrected chi connectivity index (χ3v) is 1.37. The van der Waals surface area contributed by atoms with Crippen LogP contribution in [-0.4, -0.2) is 40.7 Å². The Morgan fingerprint density at radius 2 is 2.33 bits per heavy atom. The summed E-state index contributed by atoms with van der Waals surface area (Å²) in [6.07, 6.45) is -0.988. The molecular weight excluding hydrogens is 179 g/mol. The van der Waals surface area contributed by atoms with E-state index < -0.39 is 18.1 Å². The zero-order chi connectivity index (χ0) is 9.14. The molecule has 12 heavy (non-hydrogen) atoms. The van der Waals surface area contributed by atoms with E-state index in [-0.39, 0.29) is 6.02 Å². The number of urea groups is 1. The molecule has 1 aliphatic heterocycles. The van der Waals surface area contributed by atoms with Crippen LogP contribution in [0.3, 0.4) is 0 Å². The van der Waals surface area contributed by atoms with E-state index >= 15 is 0 Å². The van der Waals surface area contributed by atoms with E-state index in [0.29, 0.717) is 0 Å². The third kappa shape index (κ3) is 1.87. The minimum atomic E-state index is -0.988. The molecule has 1 saturated heterocycles. The number of nitrogens with two attached hydrogens (primary N) is 1. The SMILES string of the molecule is N/C(=N\C1NC(=O)NC1=O)[O][Al]. The van der Waals surface area contributed by atoms with Crippen molar-refractivity contribution in [3.8, 4) is 0 Å². The van der Waals surface area contributed by atoms with Gasteiger partial charge in [-0.1, -0.05) is 0 Å². The molecule has 3 amide bonds. The predicted octanol–water partition coefficient (Wildman–Crippen LogP) is -2.43. The van der Waals surface area contributed by atoms with Gasteiger partial charge in [0.2, 0.25) is 12.2 Å². The van der Waals surface area contributed by atoms with Gasteiger partial charge < -0.3 is 14.8 Å². The normalized spacial score (nSPS) is 23.3. The average molecular weight is 184 g/mol. The number of nitrogens with one attached hydrogen (secondary N) is 2. The van der Waals surface area contributed by atoms with E-state index in [1.165, 1.54) is 0 Å². The molecule has 1 aliphatic rings. The predicted molar refractivity (Wildman–Crippen MR) is 38.9 cm³/mol. The van der Waals surface area contributed by atoms with Crippen molar-refractivity contribution in [3.63, 3.8) is 0 Å². The molecule has 0 aromatic rings. The molecular formula is C4H5AlN4O3. The van der Waals surface area contributed by atoms with Gasteiger partial charge in [0.1, 0.15) is 0 Å². The first kappa shape index (κ1) is 8.84. The molecule has 0 aromatic heterocycles. The van der Waals surface area contributed by atoms with Crippen molar-refractivity contribution >= 4 is 34.6 Å². The van der Waals surface area contributed by atoms with Crippen molar-refractivity contribution in [2.75, 3.05) is 0 Å². The summed E-state index contributed by atoms with van der Waals surface area (Å²) in [4.78, 5) is 24.9. The Morgan fingerprint density at radius 1 is 1.67 bits per heavy atom. The molecule has 1 unspecified atom stereocenters. The maximum atomic E-state index is 10.8. The van der Waals surface area contributed by atoms with E-state index in [1.54, 1.807) is 0 Å². The number of hydrogen-bond acceptors (Lipinski definition) is 4. The molecule has 4 N–H and O–H groups in total. The Morgan fingerprint density at radius 3 is 2.75 bits per heavy atom. The van der Waals surface area contributed by atoms with Gasteiger partial charge in [-0.15, -0.1) is 0 Å². The van der Waals surface area contributed by atoms with Crippen molar-refractivity contribution in [2.45, 2.75) is 6.17 Å². The van der Waals surface area contributed by atoms with Gasteiger partial charge in [0.05, 0.1) is 0 Å². The minimum Gasteiger partial charge on any atom is -0.628 e. The van der Waals surface area contributed by atoms with Crippen molar-refractivity contribution in [1.29, 1.82) is 0 Å². The van der Waals surface area contributed by atoms with Gasteiger partial charge in [-0.25, -0.2) is 9.79 Å². The molecule has 1 atom stereocenters. The summed E-state index contributed by atoms with van der Waals surface area (Å²) in [6, 6.07) is -0.785. The summed E-state index contributed by atoms with van der Waals surface area (Å²) in [7, 11) is 0. The second kappa shape index (κ2) is 3.43.